The first-order valence-electron chi connectivity index (χ1n) is 19.6. The van der Waals surface area contributed by atoms with Crippen molar-refractivity contribution in [3.8, 4) is 44.5 Å². The second kappa shape index (κ2) is 10.4. The molecule has 1 nitrogen and oxygen atoms in total. The standard InChI is InChI=1S/C44H28O/c1-3-14-29(15-4-1)31-26-27-38-41(28-31)45-40-25-13-24-39(44(38)40)43-36-22-11-9-20-34(36)42(35-21-10-12-23-37(35)43)33-19-8-7-18-32(33)30-16-5-2-6-17-30/h1-28H/i1D,2D,3D,4D,5D,6D,14D,15D,16D,17D. The van der Waals surface area contributed by atoms with Crippen molar-refractivity contribution >= 4 is 43.5 Å². The van der Waals surface area contributed by atoms with E-state index in [1.807, 2.05) is 72.8 Å². The van der Waals surface area contributed by atoms with Gasteiger partial charge < -0.3 is 4.42 Å². The maximum absolute atomic E-state index is 8.82. The van der Waals surface area contributed by atoms with E-state index >= 15 is 0 Å². The molecule has 0 radical (unpaired) electrons. The van der Waals surface area contributed by atoms with Gasteiger partial charge in [0.1, 0.15) is 11.2 Å². The lowest BCUT2D eigenvalue weighted by Crippen LogP contribution is -1.93. The molecule has 9 rings (SSSR count). The van der Waals surface area contributed by atoms with E-state index in [9.17, 15) is 0 Å². The Morgan fingerprint density at radius 1 is 0.378 bits per heavy atom. The predicted octanol–water partition coefficient (Wildman–Crippen LogP) is 12.6. The van der Waals surface area contributed by atoms with Gasteiger partial charge in [-0.15, -0.1) is 0 Å². The van der Waals surface area contributed by atoms with Crippen molar-refractivity contribution < 1.29 is 18.1 Å². The molecule has 0 spiro atoms. The molecule has 8 aromatic carbocycles. The molecule has 0 aliphatic carbocycles. The van der Waals surface area contributed by atoms with Crippen LogP contribution in [-0.4, -0.2) is 0 Å². The van der Waals surface area contributed by atoms with E-state index in [0.717, 1.165) is 54.6 Å². The van der Waals surface area contributed by atoms with Crippen molar-refractivity contribution in [3.63, 3.8) is 0 Å². The average Bonchev–Trinajstić information content (AvgIpc) is 3.58. The van der Waals surface area contributed by atoms with Crippen LogP contribution in [0.15, 0.2) is 174 Å². The first kappa shape index (κ1) is 17.4. The normalized spacial score (nSPS) is 14.7. The molecule has 1 heteroatoms. The molecule has 1 heterocycles. The number of rotatable bonds is 4. The number of hydrogen-bond acceptors (Lipinski definition) is 1. The summed E-state index contributed by atoms with van der Waals surface area (Å²) in [5.41, 5.74) is 5.80. The number of fused-ring (bicyclic) bond motifs is 5. The highest BCUT2D eigenvalue weighted by molar-refractivity contribution is 6.26. The van der Waals surface area contributed by atoms with Gasteiger partial charge in [-0.3, -0.25) is 0 Å². The fraction of sp³-hybridized carbons (Fsp3) is 0. The zero-order valence-corrected chi connectivity index (χ0v) is 23.8. The Labute approximate surface area is 275 Å². The highest BCUT2D eigenvalue weighted by Gasteiger charge is 2.21. The van der Waals surface area contributed by atoms with Crippen molar-refractivity contribution in [2.75, 3.05) is 0 Å². The zero-order chi connectivity index (χ0) is 38.4. The van der Waals surface area contributed by atoms with Crippen LogP contribution < -0.4 is 0 Å². The Balaban J connectivity index is 1.33. The number of hydrogen-bond donors (Lipinski definition) is 0. The van der Waals surface area contributed by atoms with Crippen LogP contribution in [0.3, 0.4) is 0 Å². The van der Waals surface area contributed by atoms with Gasteiger partial charge in [-0.1, -0.05) is 151 Å². The lowest BCUT2D eigenvalue weighted by atomic mass is 9.83. The van der Waals surface area contributed by atoms with Gasteiger partial charge in [-0.05, 0) is 84.3 Å². The topological polar surface area (TPSA) is 13.1 Å². The van der Waals surface area contributed by atoms with Crippen molar-refractivity contribution in [2.24, 2.45) is 0 Å². The van der Waals surface area contributed by atoms with Crippen molar-refractivity contribution in [2.45, 2.75) is 0 Å². The van der Waals surface area contributed by atoms with E-state index in [2.05, 4.69) is 18.2 Å². The zero-order valence-electron chi connectivity index (χ0n) is 33.8. The van der Waals surface area contributed by atoms with Crippen LogP contribution in [0.1, 0.15) is 13.7 Å². The first-order valence-corrected chi connectivity index (χ1v) is 14.6. The summed E-state index contributed by atoms with van der Waals surface area (Å²) in [6, 6.07) is 31.2. The third-order valence-corrected chi connectivity index (χ3v) is 8.45. The quantitative estimate of drug-likeness (QED) is 0.188. The molecule has 0 unspecified atom stereocenters. The van der Waals surface area contributed by atoms with Crippen LogP contribution in [0.5, 0.6) is 0 Å². The molecule has 45 heavy (non-hydrogen) atoms. The Morgan fingerprint density at radius 2 is 0.911 bits per heavy atom. The van der Waals surface area contributed by atoms with Crippen LogP contribution in [-0.2, 0) is 0 Å². The summed E-state index contributed by atoms with van der Waals surface area (Å²) in [5, 5.41) is 5.33. The Bertz CT molecular complexity index is 3000. The fourth-order valence-corrected chi connectivity index (χ4v) is 6.60. The van der Waals surface area contributed by atoms with Crippen molar-refractivity contribution in [1.29, 1.82) is 0 Å². The monoisotopic (exact) mass is 582 g/mol. The SMILES string of the molecule is [2H]c1c([2H])c([2H])c(-c2ccc3c(c2)oc2cccc(-c4c5ccccc5c(-c5ccccc5-c5c([2H])c([2H])c([2H])c([2H])c5[2H])c5ccccc45)c23)c([2H])c1[2H]. The van der Waals surface area contributed by atoms with Gasteiger partial charge in [0.25, 0.3) is 0 Å². The second-order valence-corrected chi connectivity index (χ2v) is 10.9. The van der Waals surface area contributed by atoms with Crippen LogP contribution in [0, 0.1) is 0 Å². The van der Waals surface area contributed by atoms with Gasteiger partial charge in [-0.25, -0.2) is 0 Å². The molecule has 0 fully saturated rings. The summed E-state index contributed by atoms with van der Waals surface area (Å²) in [4.78, 5) is 0. The van der Waals surface area contributed by atoms with Gasteiger partial charge in [0, 0.05) is 10.8 Å². The Morgan fingerprint density at radius 3 is 1.56 bits per heavy atom. The molecule has 0 saturated carbocycles. The lowest BCUT2D eigenvalue weighted by molar-refractivity contribution is 0.669. The lowest BCUT2D eigenvalue weighted by Gasteiger charge is -2.20. The largest absolute Gasteiger partial charge is 0.456 e. The summed E-state index contributed by atoms with van der Waals surface area (Å²) in [7, 11) is 0. The summed E-state index contributed by atoms with van der Waals surface area (Å²) in [6.45, 7) is 0. The predicted molar refractivity (Wildman–Crippen MR) is 190 cm³/mol. The minimum absolute atomic E-state index is 0.102. The molecule has 0 N–H and O–H groups in total. The third-order valence-electron chi connectivity index (χ3n) is 8.45. The van der Waals surface area contributed by atoms with Crippen LogP contribution in [0.2, 0.25) is 0 Å². The van der Waals surface area contributed by atoms with E-state index in [-0.39, 0.29) is 35.3 Å². The van der Waals surface area contributed by atoms with Crippen LogP contribution in [0.25, 0.3) is 88.0 Å². The minimum atomic E-state index is -0.448. The summed E-state index contributed by atoms with van der Waals surface area (Å²) < 4.78 is 90.5. The van der Waals surface area contributed by atoms with E-state index in [1.54, 1.807) is 18.2 Å². The van der Waals surface area contributed by atoms with Gasteiger partial charge >= 0.3 is 0 Å². The maximum atomic E-state index is 8.82. The molecule has 0 aliphatic rings. The third kappa shape index (κ3) is 4.09. The van der Waals surface area contributed by atoms with Gasteiger partial charge in [0.15, 0.2) is 0 Å². The molecule has 0 aliphatic heterocycles. The van der Waals surface area contributed by atoms with Crippen molar-refractivity contribution in [3.05, 3.63) is 170 Å². The fourth-order valence-electron chi connectivity index (χ4n) is 6.60. The molecule has 210 valence electrons. The van der Waals surface area contributed by atoms with Crippen molar-refractivity contribution in [1.82, 2.24) is 0 Å². The van der Waals surface area contributed by atoms with Crippen LogP contribution >= 0.6 is 0 Å². The number of furan rings is 1. The highest BCUT2D eigenvalue weighted by atomic mass is 16.3. The van der Waals surface area contributed by atoms with E-state index in [0.29, 0.717) is 22.3 Å². The van der Waals surface area contributed by atoms with E-state index in [1.165, 1.54) is 0 Å². The van der Waals surface area contributed by atoms with E-state index < -0.39 is 36.3 Å². The summed E-state index contributed by atoms with van der Waals surface area (Å²) >= 11 is 0. The Kier molecular flexibility index (Phi) is 4.01. The van der Waals surface area contributed by atoms with Gasteiger partial charge in [0.2, 0.25) is 0 Å². The molecule has 0 bridgehead atoms. The molecular formula is C44H28O. The van der Waals surface area contributed by atoms with Crippen LogP contribution in [0.4, 0.5) is 0 Å². The molecule has 1 aromatic heterocycles. The highest BCUT2D eigenvalue weighted by Crippen LogP contribution is 2.48. The second-order valence-electron chi connectivity index (χ2n) is 10.9. The smallest absolute Gasteiger partial charge is 0.136 e. The number of benzene rings is 8. The molecular weight excluding hydrogens is 544 g/mol. The van der Waals surface area contributed by atoms with Gasteiger partial charge in [0.05, 0.1) is 13.7 Å². The van der Waals surface area contributed by atoms with Gasteiger partial charge in [-0.2, -0.15) is 0 Å². The maximum Gasteiger partial charge on any atom is 0.136 e. The molecule has 0 atom stereocenters. The van der Waals surface area contributed by atoms with E-state index in [4.69, 9.17) is 18.1 Å². The Hall–Kier alpha value is -5.92. The molecule has 0 amide bonds. The molecule has 0 saturated heterocycles. The average molecular weight is 583 g/mol. The summed E-state index contributed by atoms with van der Waals surface area (Å²) in [6.07, 6.45) is 0. The molecule has 9 aromatic rings. The first-order chi connectivity index (χ1) is 26.5. The summed E-state index contributed by atoms with van der Waals surface area (Å²) in [5.74, 6) is 0. The minimum Gasteiger partial charge on any atom is -0.456 e.